The number of carbonyl (C=O) groups excluding carboxylic acids is 1. The van der Waals surface area contributed by atoms with Crippen LogP contribution in [0.5, 0.6) is 0 Å². The highest BCUT2D eigenvalue weighted by atomic mass is 35.5. The highest BCUT2D eigenvalue weighted by molar-refractivity contribution is 6.30. The smallest absolute Gasteiger partial charge is 0.222 e. The summed E-state index contributed by atoms with van der Waals surface area (Å²) in [5.41, 5.74) is 4.49. The fourth-order valence-corrected chi connectivity index (χ4v) is 4.47. The van der Waals surface area contributed by atoms with E-state index in [2.05, 4.69) is 34.3 Å². The number of anilines is 1. The monoisotopic (exact) mass is 436 g/mol. The Morgan fingerprint density at radius 2 is 1.97 bits per heavy atom. The molecule has 2 heterocycles. The van der Waals surface area contributed by atoms with Crippen molar-refractivity contribution in [3.05, 3.63) is 71.5 Å². The fraction of sp³-hybridized carbons (Fsp3) is 0.360. The lowest BCUT2D eigenvalue weighted by Crippen LogP contribution is -2.39. The van der Waals surface area contributed by atoms with Crippen LogP contribution in [0, 0.1) is 0 Å². The van der Waals surface area contributed by atoms with Gasteiger partial charge in [0.25, 0.3) is 0 Å². The van der Waals surface area contributed by atoms with Crippen LogP contribution in [-0.2, 0) is 4.79 Å². The third-order valence-corrected chi connectivity index (χ3v) is 6.34. The van der Waals surface area contributed by atoms with E-state index in [0.29, 0.717) is 6.42 Å². The molecular formula is C25H29ClN4O. The van der Waals surface area contributed by atoms with Gasteiger partial charge in [-0.25, -0.2) is 0 Å². The Morgan fingerprint density at radius 3 is 2.74 bits per heavy atom. The van der Waals surface area contributed by atoms with E-state index in [0.717, 1.165) is 60.7 Å². The van der Waals surface area contributed by atoms with Gasteiger partial charge in [-0.1, -0.05) is 41.9 Å². The van der Waals surface area contributed by atoms with Crippen molar-refractivity contribution in [2.45, 2.75) is 31.6 Å². The lowest BCUT2D eigenvalue weighted by molar-refractivity contribution is -0.132. The number of nitrogens with zero attached hydrogens (tertiary/aromatic N) is 3. The second kappa shape index (κ2) is 10.0. The van der Waals surface area contributed by atoms with E-state index in [-0.39, 0.29) is 11.8 Å². The van der Waals surface area contributed by atoms with Crippen LogP contribution in [0.2, 0.25) is 5.02 Å². The van der Waals surface area contributed by atoms with Crippen molar-refractivity contribution in [3.63, 3.8) is 0 Å². The molecule has 162 valence electrons. The molecule has 31 heavy (non-hydrogen) atoms. The summed E-state index contributed by atoms with van der Waals surface area (Å²) in [6.07, 6.45) is 5.38. The molecule has 1 aromatic heterocycles. The third kappa shape index (κ3) is 5.28. The van der Waals surface area contributed by atoms with Gasteiger partial charge in [0.15, 0.2) is 0 Å². The van der Waals surface area contributed by atoms with Crippen molar-refractivity contribution in [2.24, 2.45) is 0 Å². The van der Waals surface area contributed by atoms with Crippen molar-refractivity contribution in [1.82, 2.24) is 15.1 Å². The van der Waals surface area contributed by atoms with Crippen LogP contribution in [0.4, 0.5) is 5.69 Å². The SMILES string of the molecule is CN(CCCC(=O)N1CCCC(c2[nH]ncc2-c2ccc(Cl)cc2)C1)c1ccccc1. The van der Waals surface area contributed by atoms with Crippen molar-refractivity contribution >= 4 is 23.2 Å². The van der Waals surface area contributed by atoms with Gasteiger partial charge in [0.05, 0.1) is 6.20 Å². The molecule has 1 aliphatic heterocycles. The van der Waals surface area contributed by atoms with Crippen molar-refractivity contribution in [3.8, 4) is 11.1 Å². The summed E-state index contributed by atoms with van der Waals surface area (Å²) in [5, 5.41) is 8.22. The van der Waals surface area contributed by atoms with Crippen molar-refractivity contribution < 1.29 is 4.79 Å². The number of aromatic amines is 1. The van der Waals surface area contributed by atoms with Gasteiger partial charge >= 0.3 is 0 Å². The zero-order valence-electron chi connectivity index (χ0n) is 17.9. The molecule has 5 nitrogen and oxygen atoms in total. The van der Waals surface area contributed by atoms with Crippen LogP contribution >= 0.6 is 11.6 Å². The Balaban J connectivity index is 1.34. The first-order chi connectivity index (χ1) is 15.1. The zero-order chi connectivity index (χ0) is 21.6. The average molecular weight is 437 g/mol. The number of H-pyrrole nitrogens is 1. The Hall–Kier alpha value is -2.79. The first kappa shape index (κ1) is 21.4. The molecule has 1 unspecified atom stereocenters. The molecule has 0 aliphatic carbocycles. The number of amides is 1. The molecule has 1 aliphatic rings. The normalized spacial score (nSPS) is 16.3. The highest BCUT2D eigenvalue weighted by Gasteiger charge is 2.27. The molecule has 0 radical (unpaired) electrons. The number of likely N-dealkylation sites (tertiary alicyclic amines) is 1. The van der Waals surface area contributed by atoms with Crippen LogP contribution in [0.25, 0.3) is 11.1 Å². The Labute approximate surface area is 189 Å². The summed E-state index contributed by atoms with van der Waals surface area (Å²) < 4.78 is 0. The lowest BCUT2D eigenvalue weighted by Gasteiger charge is -2.33. The maximum atomic E-state index is 12.9. The lowest BCUT2D eigenvalue weighted by atomic mass is 9.90. The standard InChI is InChI=1S/C25H29ClN4O/c1-29(22-8-3-2-4-9-22)15-6-10-24(31)30-16-5-7-20(18-30)25-23(17-27-28-25)19-11-13-21(26)14-12-19/h2-4,8-9,11-14,17,20H,5-7,10,15-16,18H2,1H3,(H,27,28). The number of nitrogens with one attached hydrogen (secondary N) is 1. The van der Waals surface area contributed by atoms with Crippen LogP contribution in [0.15, 0.2) is 60.8 Å². The van der Waals surface area contributed by atoms with Crippen molar-refractivity contribution in [1.29, 1.82) is 0 Å². The maximum absolute atomic E-state index is 12.9. The first-order valence-corrected chi connectivity index (χ1v) is 11.3. The molecule has 3 aromatic rings. The van der Waals surface area contributed by atoms with Crippen LogP contribution < -0.4 is 4.90 Å². The average Bonchev–Trinajstić information content (AvgIpc) is 3.30. The Bertz CT molecular complexity index is 986. The largest absolute Gasteiger partial charge is 0.375 e. The molecule has 1 amide bonds. The highest BCUT2D eigenvalue weighted by Crippen LogP contribution is 2.33. The van der Waals surface area contributed by atoms with Gasteiger partial charge in [-0.05, 0) is 49.1 Å². The second-order valence-electron chi connectivity index (χ2n) is 8.24. The predicted octanol–water partition coefficient (Wildman–Crippen LogP) is 5.35. The van der Waals surface area contributed by atoms with E-state index >= 15 is 0 Å². The van der Waals surface area contributed by atoms with Gasteiger partial charge in [0.2, 0.25) is 5.91 Å². The predicted molar refractivity (Wildman–Crippen MR) is 127 cm³/mol. The molecule has 0 bridgehead atoms. The molecule has 2 aromatic carbocycles. The summed E-state index contributed by atoms with van der Waals surface area (Å²) >= 11 is 6.04. The van der Waals surface area contributed by atoms with Gasteiger partial charge in [0.1, 0.15) is 0 Å². The van der Waals surface area contributed by atoms with E-state index in [1.54, 1.807) is 0 Å². The summed E-state index contributed by atoms with van der Waals surface area (Å²) in [6, 6.07) is 18.1. The first-order valence-electron chi connectivity index (χ1n) is 10.9. The van der Waals surface area contributed by atoms with Gasteiger partial charge in [-0.2, -0.15) is 5.10 Å². The number of hydrogen-bond donors (Lipinski definition) is 1. The van der Waals surface area contributed by atoms with E-state index in [1.807, 2.05) is 53.6 Å². The minimum absolute atomic E-state index is 0.249. The number of aromatic nitrogens is 2. The van der Waals surface area contributed by atoms with Crippen LogP contribution in [0.1, 0.15) is 37.3 Å². The molecule has 1 N–H and O–H groups in total. The number of benzene rings is 2. The summed E-state index contributed by atoms with van der Waals surface area (Å²) in [7, 11) is 2.08. The molecule has 6 heteroatoms. The van der Waals surface area contributed by atoms with E-state index in [1.165, 1.54) is 5.69 Å². The number of carbonyl (C=O) groups is 1. The molecule has 0 saturated carbocycles. The number of halogens is 1. The topological polar surface area (TPSA) is 52.2 Å². The molecule has 4 rings (SSSR count). The minimum Gasteiger partial charge on any atom is -0.375 e. The van der Waals surface area contributed by atoms with Crippen LogP contribution in [-0.4, -0.2) is 47.7 Å². The quantitative estimate of drug-likeness (QED) is 0.543. The molecule has 0 spiro atoms. The van der Waals surface area contributed by atoms with Gasteiger partial charge < -0.3 is 9.80 Å². The number of hydrogen-bond acceptors (Lipinski definition) is 3. The van der Waals surface area contributed by atoms with E-state index in [4.69, 9.17) is 11.6 Å². The fourth-order valence-electron chi connectivity index (χ4n) is 4.34. The zero-order valence-corrected chi connectivity index (χ0v) is 18.7. The molecular weight excluding hydrogens is 408 g/mol. The molecule has 1 atom stereocenters. The van der Waals surface area contributed by atoms with Crippen LogP contribution in [0.3, 0.4) is 0 Å². The number of rotatable bonds is 7. The van der Waals surface area contributed by atoms with Gasteiger partial charge in [-0.3, -0.25) is 9.89 Å². The second-order valence-corrected chi connectivity index (χ2v) is 8.68. The summed E-state index contributed by atoms with van der Waals surface area (Å²) in [4.78, 5) is 17.1. The van der Waals surface area contributed by atoms with E-state index < -0.39 is 0 Å². The molecule has 1 fully saturated rings. The summed E-state index contributed by atoms with van der Waals surface area (Å²) in [6.45, 7) is 2.46. The number of piperidine rings is 1. The Kier molecular flexibility index (Phi) is 6.92. The third-order valence-electron chi connectivity index (χ3n) is 6.09. The maximum Gasteiger partial charge on any atom is 0.222 e. The van der Waals surface area contributed by atoms with Gasteiger partial charge in [-0.15, -0.1) is 0 Å². The number of para-hydroxylation sites is 1. The van der Waals surface area contributed by atoms with E-state index in [9.17, 15) is 4.79 Å². The van der Waals surface area contributed by atoms with Gasteiger partial charge in [0, 0.05) is 61.0 Å². The molecule has 1 saturated heterocycles. The summed E-state index contributed by atoms with van der Waals surface area (Å²) in [5.74, 6) is 0.525. The minimum atomic E-state index is 0.249. The van der Waals surface area contributed by atoms with Crippen molar-refractivity contribution in [2.75, 3.05) is 31.6 Å². The Morgan fingerprint density at radius 1 is 1.19 bits per heavy atom.